The predicted molar refractivity (Wildman–Crippen MR) is 152 cm³/mol. The molecule has 1 heterocycles. The number of amides is 2. The van der Waals surface area contributed by atoms with Gasteiger partial charge in [-0.15, -0.1) is 0 Å². The Morgan fingerprint density at radius 3 is 2.48 bits per heavy atom. The molecule has 40 heavy (non-hydrogen) atoms. The first-order valence-corrected chi connectivity index (χ1v) is 12.5. The second-order valence-electron chi connectivity index (χ2n) is 9.19. The van der Waals surface area contributed by atoms with Gasteiger partial charge in [0.1, 0.15) is 12.9 Å². The summed E-state index contributed by atoms with van der Waals surface area (Å²) >= 11 is 0. The van der Waals surface area contributed by atoms with Crippen LogP contribution in [0.15, 0.2) is 91.3 Å². The maximum atomic E-state index is 13.9. The molecule has 1 N–H and O–H groups in total. The molecule has 0 aliphatic heterocycles. The van der Waals surface area contributed by atoms with Crippen LogP contribution in [0, 0.1) is 12.7 Å². The second-order valence-corrected chi connectivity index (χ2v) is 9.19. The van der Waals surface area contributed by atoms with E-state index in [4.69, 9.17) is 9.47 Å². The number of fused-ring (bicyclic) bond motifs is 1. The van der Waals surface area contributed by atoms with Crippen LogP contribution in [0.1, 0.15) is 21.5 Å². The van der Waals surface area contributed by atoms with Crippen molar-refractivity contribution in [3.8, 4) is 11.4 Å². The van der Waals surface area contributed by atoms with Gasteiger partial charge in [-0.25, -0.2) is 14.2 Å². The number of halogens is 1. The third kappa shape index (κ3) is 5.49. The van der Waals surface area contributed by atoms with Gasteiger partial charge in [0.05, 0.1) is 18.1 Å². The minimum absolute atomic E-state index is 0.0595. The number of hydrogen-bond acceptors (Lipinski definition) is 5. The lowest BCUT2D eigenvalue weighted by molar-refractivity contribution is 0.0993. The maximum Gasteiger partial charge on any atom is 0.411 e. The second kappa shape index (κ2) is 11.3. The molecule has 0 aliphatic carbocycles. The van der Waals surface area contributed by atoms with E-state index in [0.717, 1.165) is 27.8 Å². The molecule has 202 valence electrons. The Kier molecular flexibility index (Phi) is 7.46. The molecule has 0 atom stereocenters. The average Bonchev–Trinajstić information content (AvgIpc) is 3.41. The molecule has 0 bridgehead atoms. The number of ether oxygens (including phenoxy) is 2. The molecule has 0 radical (unpaired) electrons. The zero-order valence-corrected chi connectivity index (χ0v) is 22.2. The van der Waals surface area contributed by atoms with E-state index in [2.05, 4.69) is 10.3 Å². The Morgan fingerprint density at radius 1 is 1.00 bits per heavy atom. The first-order valence-electron chi connectivity index (χ1n) is 12.5. The summed E-state index contributed by atoms with van der Waals surface area (Å²) in [5.41, 5.74) is 5.57. The molecular formula is C31H27FN4O4. The van der Waals surface area contributed by atoms with Crippen LogP contribution in [0.2, 0.25) is 0 Å². The number of carbonyl (C=O) groups is 2. The normalized spacial score (nSPS) is 10.8. The van der Waals surface area contributed by atoms with Crippen molar-refractivity contribution >= 4 is 34.4 Å². The number of benzene rings is 4. The van der Waals surface area contributed by atoms with Crippen LogP contribution < -0.4 is 15.0 Å². The van der Waals surface area contributed by atoms with Crippen molar-refractivity contribution in [1.29, 1.82) is 0 Å². The Balaban J connectivity index is 1.35. The molecule has 1 aromatic heterocycles. The number of anilines is 2. The zero-order chi connectivity index (χ0) is 28.2. The first kappa shape index (κ1) is 26.4. The van der Waals surface area contributed by atoms with Gasteiger partial charge < -0.3 is 14.4 Å². The molecule has 4 aromatic carbocycles. The van der Waals surface area contributed by atoms with Crippen molar-refractivity contribution in [2.45, 2.75) is 13.5 Å². The van der Waals surface area contributed by atoms with Crippen molar-refractivity contribution < 1.29 is 23.5 Å². The SMILES string of the molecule is COc1cc(N(C)C(=O)c2cc(C)c3ncn(-c4ccc(NC(=O)OCc5ccccc5)cc4)c3c2)ccc1F. The summed E-state index contributed by atoms with van der Waals surface area (Å²) in [6.07, 6.45) is 1.14. The van der Waals surface area contributed by atoms with E-state index in [0.29, 0.717) is 16.9 Å². The van der Waals surface area contributed by atoms with Crippen LogP contribution in [-0.4, -0.2) is 35.7 Å². The van der Waals surface area contributed by atoms with Crippen molar-refractivity contribution in [2.24, 2.45) is 0 Å². The lowest BCUT2D eigenvalue weighted by atomic mass is 10.1. The summed E-state index contributed by atoms with van der Waals surface area (Å²) in [6, 6.07) is 24.5. The molecule has 9 heteroatoms. The molecule has 0 saturated carbocycles. The molecule has 5 rings (SSSR count). The summed E-state index contributed by atoms with van der Waals surface area (Å²) in [5.74, 6) is -0.706. The van der Waals surface area contributed by atoms with E-state index in [9.17, 15) is 14.0 Å². The quantitative estimate of drug-likeness (QED) is 0.255. The topological polar surface area (TPSA) is 85.7 Å². The Labute approximate surface area is 230 Å². The molecule has 0 fully saturated rings. The zero-order valence-electron chi connectivity index (χ0n) is 22.2. The summed E-state index contributed by atoms with van der Waals surface area (Å²) in [6.45, 7) is 2.07. The average molecular weight is 539 g/mol. The highest BCUT2D eigenvalue weighted by molar-refractivity contribution is 6.07. The molecule has 0 aliphatic rings. The molecular weight excluding hydrogens is 511 g/mol. The fourth-order valence-electron chi connectivity index (χ4n) is 4.37. The van der Waals surface area contributed by atoms with E-state index < -0.39 is 11.9 Å². The Hall–Kier alpha value is -5.18. The number of nitrogens with one attached hydrogen (secondary N) is 1. The van der Waals surface area contributed by atoms with Gasteiger partial charge in [0.25, 0.3) is 5.91 Å². The highest BCUT2D eigenvalue weighted by atomic mass is 19.1. The molecule has 8 nitrogen and oxygen atoms in total. The highest BCUT2D eigenvalue weighted by Crippen LogP contribution is 2.28. The minimum atomic E-state index is -0.550. The maximum absolute atomic E-state index is 13.9. The third-order valence-corrected chi connectivity index (χ3v) is 6.52. The van der Waals surface area contributed by atoms with E-state index in [1.807, 2.05) is 54.0 Å². The van der Waals surface area contributed by atoms with Gasteiger partial charge in [-0.05, 0) is 66.6 Å². The summed E-state index contributed by atoms with van der Waals surface area (Å²) in [7, 11) is 3.01. The van der Waals surface area contributed by atoms with E-state index >= 15 is 0 Å². The van der Waals surface area contributed by atoms with Gasteiger partial charge in [0.15, 0.2) is 11.6 Å². The van der Waals surface area contributed by atoms with Crippen molar-refractivity contribution in [3.63, 3.8) is 0 Å². The van der Waals surface area contributed by atoms with Crippen molar-refractivity contribution in [1.82, 2.24) is 9.55 Å². The minimum Gasteiger partial charge on any atom is -0.494 e. The smallest absolute Gasteiger partial charge is 0.411 e. The van der Waals surface area contributed by atoms with Crippen molar-refractivity contribution in [2.75, 3.05) is 24.4 Å². The number of aryl methyl sites for hydroxylation is 1. The van der Waals surface area contributed by atoms with Crippen LogP contribution in [0.25, 0.3) is 16.7 Å². The predicted octanol–water partition coefficient (Wildman–Crippen LogP) is 6.51. The standard InChI is InChI=1S/C31H27FN4O4/c1-20-15-22(30(37)35(2)25-13-14-26(32)28(17-25)39-3)16-27-29(20)33-19-36(27)24-11-9-23(10-12-24)34-31(38)40-18-21-7-5-4-6-8-21/h4-17,19H,18H2,1-3H3,(H,34,38). The largest absolute Gasteiger partial charge is 0.494 e. The summed E-state index contributed by atoms with van der Waals surface area (Å²) in [5, 5.41) is 2.73. The Bertz CT molecular complexity index is 1680. The molecule has 0 saturated heterocycles. The lowest BCUT2D eigenvalue weighted by Gasteiger charge is -2.19. The number of rotatable bonds is 7. The van der Waals surface area contributed by atoms with E-state index in [-0.39, 0.29) is 18.3 Å². The lowest BCUT2D eigenvalue weighted by Crippen LogP contribution is -2.26. The number of nitrogens with zero attached hydrogens (tertiary/aromatic N) is 3. The van der Waals surface area contributed by atoms with Crippen LogP contribution >= 0.6 is 0 Å². The molecule has 0 spiro atoms. The van der Waals surface area contributed by atoms with Gasteiger partial charge in [-0.2, -0.15) is 0 Å². The number of aromatic nitrogens is 2. The fraction of sp³-hybridized carbons (Fsp3) is 0.129. The first-order chi connectivity index (χ1) is 19.3. The molecule has 2 amide bonds. The number of hydrogen-bond donors (Lipinski definition) is 1. The van der Waals surface area contributed by atoms with Gasteiger partial charge in [-0.3, -0.25) is 14.7 Å². The fourth-order valence-corrected chi connectivity index (χ4v) is 4.37. The monoisotopic (exact) mass is 538 g/mol. The molecule has 5 aromatic rings. The van der Waals surface area contributed by atoms with Crippen LogP contribution in [0.4, 0.5) is 20.6 Å². The van der Waals surface area contributed by atoms with E-state index in [1.165, 1.54) is 30.2 Å². The summed E-state index contributed by atoms with van der Waals surface area (Å²) in [4.78, 5) is 31.6. The van der Waals surface area contributed by atoms with Gasteiger partial charge in [0.2, 0.25) is 0 Å². The van der Waals surface area contributed by atoms with Gasteiger partial charge in [-0.1, -0.05) is 30.3 Å². The van der Waals surface area contributed by atoms with Gasteiger partial charge >= 0.3 is 6.09 Å². The van der Waals surface area contributed by atoms with Crippen LogP contribution in [0.3, 0.4) is 0 Å². The van der Waals surface area contributed by atoms with Crippen molar-refractivity contribution in [3.05, 3.63) is 114 Å². The summed E-state index contributed by atoms with van der Waals surface area (Å²) < 4.78 is 26.1. The van der Waals surface area contributed by atoms with Crippen LogP contribution in [0.5, 0.6) is 5.75 Å². The van der Waals surface area contributed by atoms with Gasteiger partial charge in [0, 0.05) is 35.7 Å². The Morgan fingerprint density at radius 2 is 1.75 bits per heavy atom. The molecule has 0 unspecified atom stereocenters. The number of methoxy groups -OCH3 is 1. The van der Waals surface area contributed by atoms with E-state index in [1.54, 1.807) is 37.6 Å². The van der Waals surface area contributed by atoms with Crippen LogP contribution in [-0.2, 0) is 11.3 Å². The number of carbonyl (C=O) groups excluding carboxylic acids is 2. The third-order valence-electron chi connectivity index (χ3n) is 6.52. The highest BCUT2D eigenvalue weighted by Gasteiger charge is 2.19. The number of imidazole rings is 1.